The summed E-state index contributed by atoms with van der Waals surface area (Å²) in [6.07, 6.45) is 5.37. The number of thiazole rings is 1. The molecule has 0 aliphatic carbocycles. The zero-order valence-corrected chi connectivity index (χ0v) is 13.1. The van der Waals surface area contributed by atoms with Gasteiger partial charge >= 0.3 is 0 Å². The topological polar surface area (TPSA) is 25.4 Å². The summed E-state index contributed by atoms with van der Waals surface area (Å²) in [6, 6.07) is 8.34. The molecule has 0 saturated heterocycles. The maximum Gasteiger partial charge on any atom is 0.126 e. The molecule has 3 nitrogen and oxygen atoms in total. The lowest BCUT2D eigenvalue weighted by atomic mass is 9.98. The summed E-state index contributed by atoms with van der Waals surface area (Å²) in [5.41, 5.74) is 4.55. The quantitative estimate of drug-likeness (QED) is 0.839. The molecule has 0 radical (unpaired) electrons. The van der Waals surface area contributed by atoms with E-state index in [0.29, 0.717) is 6.61 Å². The van der Waals surface area contributed by atoms with E-state index in [9.17, 15) is 0 Å². The molecule has 0 saturated carbocycles. The molecule has 4 heteroatoms. The van der Waals surface area contributed by atoms with Crippen LogP contribution < -0.4 is 4.74 Å². The number of nitrogens with zero attached hydrogens (tertiary/aromatic N) is 2. The minimum atomic E-state index is 0.710. The van der Waals surface area contributed by atoms with Crippen LogP contribution in [0.25, 0.3) is 5.57 Å². The van der Waals surface area contributed by atoms with Crippen molar-refractivity contribution in [3.05, 3.63) is 52.5 Å². The van der Waals surface area contributed by atoms with Crippen molar-refractivity contribution in [2.75, 3.05) is 19.7 Å². The molecule has 0 fully saturated rings. The van der Waals surface area contributed by atoms with Gasteiger partial charge < -0.3 is 4.74 Å². The Balaban J connectivity index is 1.70. The van der Waals surface area contributed by atoms with Crippen LogP contribution in [-0.2, 0) is 6.54 Å². The number of para-hydroxylation sites is 1. The van der Waals surface area contributed by atoms with Gasteiger partial charge in [0.15, 0.2) is 0 Å². The minimum absolute atomic E-state index is 0.710. The van der Waals surface area contributed by atoms with Gasteiger partial charge in [-0.1, -0.05) is 24.3 Å². The fraction of sp³-hybridized carbons (Fsp3) is 0.353. The molecule has 1 aliphatic rings. The van der Waals surface area contributed by atoms with Gasteiger partial charge in [0, 0.05) is 36.3 Å². The molecule has 110 valence electrons. The first-order chi connectivity index (χ1) is 10.4. The lowest BCUT2D eigenvalue weighted by molar-refractivity contribution is 0.295. The fourth-order valence-corrected chi connectivity index (χ4v) is 3.29. The molecule has 0 amide bonds. The molecule has 1 aliphatic heterocycles. The van der Waals surface area contributed by atoms with E-state index < -0.39 is 0 Å². The van der Waals surface area contributed by atoms with Gasteiger partial charge in [0.1, 0.15) is 5.75 Å². The Morgan fingerprint density at radius 2 is 2.24 bits per heavy atom. The van der Waals surface area contributed by atoms with E-state index in [1.807, 2.05) is 24.7 Å². The molecular formula is C17H20N2OS. The highest BCUT2D eigenvalue weighted by Crippen LogP contribution is 2.30. The molecule has 1 aromatic heterocycles. The molecule has 0 atom stereocenters. The highest BCUT2D eigenvalue weighted by molar-refractivity contribution is 7.09. The zero-order chi connectivity index (χ0) is 14.5. The van der Waals surface area contributed by atoms with Crippen molar-refractivity contribution in [1.29, 1.82) is 0 Å². The summed E-state index contributed by atoms with van der Waals surface area (Å²) in [4.78, 5) is 7.94. The van der Waals surface area contributed by atoms with Crippen LogP contribution in [0.5, 0.6) is 5.75 Å². The number of hydrogen-bond donors (Lipinski definition) is 0. The van der Waals surface area contributed by atoms with Crippen molar-refractivity contribution in [3.8, 4) is 5.75 Å². The molecular weight excluding hydrogens is 280 g/mol. The van der Waals surface area contributed by atoms with Crippen LogP contribution in [0.3, 0.4) is 0 Å². The molecule has 0 N–H and O–H groups in total. The Bertz CT molecular complexity index is 607. The van der Waals surface area contributed by atoms with Crippen LogP contribution in [0.15, 0.2) is 42.0 Å². The van der Waals surface area contributed by atoms with Crippen molar-refractivity contribution in [2.45, 2.75) is 19.9 Å². The smallest absolute Gasteiger partial charge is 0.126 e. The number of aromatic nitrogens is 1. The van der Waals surface area contributed by atoms with E-state index in [4.69, 9.17) is 4.74 Å². The Morgan fingerprint density at radius 1 is 1.33 bits per heavy atom. The summed E-state index contributed by atoms with van der Waals surface area (Å²) < 4.78 is 5.74. The number of hydrogen-bond acceptors (Lipinski definition) is 4. The Morgan fingerprint density at radius 3 is 2.95 bits per heavy atom. The van der Waals surface area contributed by atoms with Gasteiger partial charge in [0.2, 0.25) is 0 Å². The lowest BCUT2D eigenvalue weighted by Crippen LogP contribution is -2.27. The predicted molar refractivity (Wildman–Crippen MR) is 87.6 cm³/mol. The Kier molecular flexibility index (Phi) is 4.68. The summed E-state index contributed by atoms with van der Waals surface area (Å²) >= 11 is 1.73. The Hall–Kier alpha value is -1.65. The maximum absolute atomic E-state index is 5.74. The molecule has 0 unspecified atom stereocenters. The predicted octanol–water partition coefficient (Wildman–Crippen LogP) is 3.83. The van der Waals surface area contributed by atoms with Gasteiger partial charge in [-0.15, -0.1) is 11.3 Å². The summed E-state index contributed by atoms with van der Waals surface area (Å²) in [7, 11) is 0. The molecule has 2 heterocycles. The van der Waals surface area contributed by atoms with Gasteiger partial charge in [0.25, 0.3) is 0 Å². The third kappa shape index (κ3) is 3.52. The van der Waals surface area contributed by atoms with Crippen LogP contribution in [0, 0.1) is 0 Å². The highest BCUT2D eigenvalue weighted by Gasteiger charge is 2.16. The van der Waals surface area contributed by atoms with Crippen LogP contribution >= 0.6 is 11.3 Å². The third-order valence-electron chi connectivity index (χ3n) is 3.69. The molecule has 2 aromatic rings. The number of ether oxygens (including phenoxy) is 1. The molecule has 0 bridgehead atoms. The highest BCUT2D eigenvalue weighted by atomic mass is 32.1. The van der Waals surface area contributed by atoms with Crippen LogP contribution in [0.1, 0.15) is 23.8 Å². The van der Waals surface area contributed by atoms with Gasteiger partial charge in [0.05, 0.1) is 12.1 Å². The summed E-state index contributed by atoms with van der Waals surface area (Å²) in [5.74, 6) is 1.00. The van der Waals surface area contributed by atoms with E-state index in [1.165, 1.54) is 16.0 Å². The second-order valence-electron chi connectivity index (χ2n) is 5.11. The second-order valence-corrected chi connectivity index (χ2v) is 6.08. The first-order valence-corrected chi connectivity index (χ1v) is 8.25. The van der Waals surface area contributed by atoms with Gasteiger partial charge in [-0.3, -0.25) is 9.88 Å². The first kappa shape index (κ1) is 14.3. The molecule has 3 rings (SSSR count). The molecule has 21 heavy (non-hydrogen) atoms. The van der Waals surface area contributed by atoms with Crippen LogP contribution in [0.2, 0.25) is 0 Å². The molecule has 1 aromatic carbocycles. The van der Waals surface area contributed by atoms with E-state index >= 15 is 0 Å². The van der Waals surface area contributed by atoms with Gasteiger partial charge in [-0.25, -0.2) is 0 Å². The van der Waals surface area contributed by atoms with Crippen molar-refractivity contribution in [1.82, 2.24) is 9.88 Å². The Labute approximate surface area is 129 Å². The van der Waals surface area contributed by atoms with Gasteiger partial charge in [-0.05, 0) is 25.0 Å². The average Bonchev–Trinajstić information content (AvgIpc) is 3.02. The fourth-order valence-electron chi connectivity index (χ4n) is 2.65. The van der Waals surface area contributed by atoms with Crippen molar-refractivity contribution < 1.29 is 4.74 Å². The summed E-state index contributed by atoms with van der Waals surface area (Å²) in [5, 5.41) is 0. The normalized spacial score (nSPS) is 15.8. The largest absolute Gasteiger partial charge is 0.493 e. The SMILES string of the molecule is CCOc1ccccc1C1=CCN(Cc2cncs2)CC1. The number of benzene rings is 1. The van der Waals surface area contributed by atoms with Crippen LogP contribution in [-0.4, -0.2) is 29.6 Å². The first-order valence-electron chi connectivity index (χ1n) is 7.37. The van der Waals surface area contributed by atoms with Crippen molar-refractivity contribution in [2.24, 2.45) is 0 Å². The minimum Gasteiger partial charge on any atom is -0.493 e. The van der Waals surface area contributed by atoms with E-state index in [-0.39, 0.29) is 0 Å². The average molecular weight is 300 g/mol. The third-order valence-corrected chi connectivity index (χ3v) is 4.45. The molecule has 0 spiro atoms. The zero-order valence-electron chi connectivity index (χ0n) is 12.3. The summed E-state index contributed by atoms with van der Waals surface area (Å²) in [6.45, 7) is 5.82. The van der Waals surface area contributed by atoms with E-state index in [2.05, 4.69) is 34.2 Å². The maximum atomic E-state index is 5.74. The van der Waals surface area contributed by atoms with Crippen LogP contribution in [0.4, 0.5) is 0 Å². The number of rotatable bonds is 5. The van der Waals surface area contributed by atoms with Crippen molar-refractivity contribution >= 4 is 16.9 Å². The van der Waals surface area contributed by atoms with E-state index in [1.54, 1.807) is 11.3 Å². The van der Waals surface area contributed by atoms with Gasteiger partial charge in [-0.2, -0.15) is 0 Å². The lowest BCUT2D eigenvalue weighted by Gasteiger charge is -2.26. The van der Waals surface area contributed by atoms with E-state index in [0.717, 1.165) is 31.8 Å². The van der Waals surface area contributed by atoms with Crippen molar-refractivity contribution in [3.63, 3.8) is 0 Å². The monoisotopic (exact) mass is 300 g/mol. The standard InChI is InChI=1S/C17H20N2OS/c1-2-20-17-6-4-3-5-16(17)14-7-9-19(10-8-14)12-15-11-18-13-21-15/h3-7,11,13H,2,8-10,12H2,1H3. The second kappa shape index (κ2) is 6.87.